The van der Waals surface area contributed by atoms with E-state index in [1.165, 1.54) is 14.1 Å². The monoisotopic (exact) mass is 313 g/mol. The van der Waals surface area contributed by atoms with Crippen LogP contribution in [0.5, 0.6) is 0 Å². The summed E-state index contributed by atoms with van der Waals surface area (Å²) in [5.41, 5.74) is 0. The number of hydrogen-bond acceptors (Lipinski definition) is 2. The molecule has 0 N–H and O–H groups in total. The van der Waals surface area contributed by atoms with Crippen molar-refractivity contribution in [2.45, 2.75) is 30.9 Å². The van der Waals surface area contributed by atoms with Gasteiger partial charge in [0.1, 0.15) is 6.54 Å². The van der Waals surface area contributed by atoms with Crippen molar-refractivity contribution < 1.29 is 45.1 Å². The molecule has 10 heteroatoms. The number of carbonyl (C=O) groups is 1. The van der Waals surface area contributed by atoms with Crippen molar-refractivity contribution in [3.8, 4) is 0 Å². The van der Waals surface area contributed by atoms with Crippen LogP contribution < -0.4 is 5.11 Å². The third-order valence-corrected chi connectivity index (χ3v) is 2.63. The molecular formula is C10H14F7NO2. The number of alkyl halides is 7. The molecule has 0 saturated heterocycles. The highest BCUT2D eigenvalue weighted by Crippen LogP contribution is 2.48. The summed E-state index contributed by atoms with van der Waals surface area (Å²) < 4.78 is 86.1. The number of likely N-dealkylation sites (N-methyl/N-ethyl adjacent to an activating group) is 1. The molecule has 0 saturated carbocycles. The average molecular weight is 313 g/mol. The molecule has 120 valence electrons. The zero-order chi connectivity index (χ0) is 16.4. The maximum atomic E-state index is 12.9. The van der Waals surface area contributed by atoms with Crippen molar-refractivity contribution >= 4 is 5.97 Å². The summed E-state index contributed by atoms with van der Waals surface area (Å²) in [6, 6.07) is 0. The second-order valence-electron chi connectivity index (χ2n) is 5.07. The van der Waals surface area contributed by atoms with Crippen LogP contribution in [0, 0.1) is 0 Å². The standard InChI is InChI=1S/C10H14F7NO2/c1-18(2,6-7(19)20)5-3-4-8(11,12)9(13,14)10(15,16)17/h3-6H2,1-2H3. The van der Waals surface area contributed by atoms with Gasteiger partial charge >= 0.3 is 18.0 Å². The molecule has 3 nitrogen and oxygen atoms in total. The fourth-order valence-electron chi connectivity index (χ4n) is 1.52. The van der Waals surface area contributed by atoms with Crippen LogP contribution in [-0.2, 0) is 4.79 Å². The van der Waals surface area contributed by atoms with Crippen molar-refractivity contribution in [1.82, 2.24) is 0 Å². The number of halogens is 7. The van der Waals surface area contributed by atoms with Crippen molar-refractivity contribution in [2.24, 2.45) is 0 Å². The Hall–Kier alpha value is -1.06. The topological polar surface area (TPSA) is 40.1 Å². The molecule has 0 fully saturated rings. The van der Waals surface area contributed by atoms with E-state index in [0.29, 0.717) is 0 Å². The van der Waals surface area contributed by atoms with Gasteiger partial charge < -0.3 is 14.4 Å². The summed E-state index contributed by atoms with van der Waals surface area (Å²) in [5.74, 6) is -12.8. The molecule has 0 aromatic heterocycles. The minimum absolute atomic E-state index is 0.308. The maximum absolute atomic E-state index is 12.9. The Morgan fingerprint density at radius 3 is 1.85 bits per heavy atom. The van der Waals surface area contributed by atoms with E-state index < -0.39 is 43.4 Å². The van der Waals surface area contributed by atoms with E-state index in [4.69, 9.17) is 0 Å². The van der Waals surface area contributed by atoms with Crippen LogP contribution in [0.25, 0.3) is 0 Å². The molecule has 0 aliphatic rings. The Morgan fingerprint density at radius 1 is 1.05 bits per heavy atom. The predicted octanol–water partition coefficient (Wildman–Crippen LogP) is 1.43. The Labute approximate surface area is 110 Å². The van der Waals surface area contributed by atoms with E-state index in [1.54, 1.807) is 0 Å². The average Bonchev–Trinajstić information content (AvgIpc) is 2.11. The van der Waals surface area contributed by atoms with Crippen molar-refractivity contribution in [2.75, 3.05) is 27.2 Å². The molecule has 0 rings (SSSR count). The Morgan fingerprint density at radius 2 is 1.50 bits per heavy atom. The molecule has 20 heavy (non-hydrogen) atoms. The van der Waals surface area contributed by atoms with E-state index in [2.05, 4.69) is 0 Å². The summed E-state index contributed by atoms with van der Waals surface area (Å²) >= 11 is 0. The van der Waals surface area contributed by atoms with Gasteiger partial charge in [-0.25, -0.2) is 0 Å². The molecule has 0 amide bonds. The van der Waals surface area contributed by atoms with Gasteiger partial charge in [0.2, 0.25) is 0 Å². The predicted molar refractivity (Wildman–Crippen MR) is 52.0 cm³/mol. The first-order valence-electron chi connectivity index (χ1n) is 5.47. The number of nitrogens with zero attached hydrogens (tertiary/aromatic N) is 1. The summed E-state index contributed by atoms with van der Waals surface area (Å²) in [6.45, 7) is -0.876. The summed E-state index contributed by atoms with van der Waals surface area (Å²) in [5, 5.41) is 10.3. The number of hydrogen-bond donors (Lipinski definition) is 0. The van der Waals surface area contributed by atoms with E-state index >= 15 is 0 Å². The highest BCUT2D eigenvalue weighted by atomic mass is 19.4. The molecule has 0 spiro atoms. The Bertz CT molecular complexity index is 352. The molecule has 0 atom stereocenters. The molecule has 0 aliphatic carbocycles. The fourth-order valence-corrected chi connectivity index (χ4v) is 1.52. The lowest BCUT2D eigenvalue weighted by molar-refractivity contribution is -0.885. The van der Waals surface area contributed by atoms with Gasteiger partial charge in [0, 0.05) is 12.8 Å². The largest absolute Gasteiger partial charge is 0.544 e. The first-order chi connectivity index (χ1) is 8.62. The van der Waals surface area contributed by atoms with Gasteiger partial charge in [0.05, 0.1) is 26.6 Å². The molecule has 0 aliphatic heterocycles. The normalized spacial score (nSPS) is 14.4. The molecule has 0 radical (unpaired) electrons. The van der Waals surface area contributed by atoms with Crippen LogP contribution in [0.4, 0.5) is 30.7 Å². The van der Waals surface area contributed by atoms with Gasteiger partial charge in [-0.3, -0.25) is 0 Å². The van der Waals surface area contributed by atoms with E-state index in [0.717, 1.165) is 0 Å². The minimum atomic E-state index is -6.34. The highest BCUT2D eigenvalue weighted by molar-refractivity contribution is 5.65. The zero-order valence-corrected chi connectivity index (χ0v) is 10.7. The molecule has 0 bridgehead atoms. The summed E-state index contributed by atoms with van der Waals surface area (Å²) in [4.78, 5) is 10.3. The molecule has 0 heterocycles. The number of rotatable bonds is 7. The number of carboxylic acids is 1. The summed E-state index contributed by atoms with van der Waals surface area (Å²) in [6.07, 6.45) is -8.74. The van der Waals surface area contributed by atoms with E-state index in [1.807, 2.05) is 0 Å². The molecular weight excluding hydrogens is 299 g/mol. The zero-order valence-electron chi connectivity index (χ0n) is 10.7. The fraction of sp³-hybridized carbons (Fsp3) is 0.900. The van der Waals surface area contributed by atoms with Crippen LogP contribution in [0.3, 0.4) is 0 Å². The van der Waals surface area contributed by atoms with Crippen LogP contribution in [0.2, 0.25) is 0 Å². The first kappa shape index (κ1) is 18.9. The third kappa shape index (κ3) is 4.80. The van der Waals surface area contributed by atoms with Crippen LogP contribution in [0.15, 0.2) is 0 Å². The van der Waals surface area contributed by atoms with Crippen LogP contribution in [-0.4, -0.2) is 55.7 Å². The Balaban J connectivity index is 4.62. The van der Waals surface area contributed by atoms with Crippen molar-refractivity contribution in [3.63, 3.8) is 0 Å². The maximum Gasteiger partial charge on any atom is 0.459 e. The van der Waals surface area contributed by atoms with Gasteiger partial charge in [0.15, 0.2) is 0 Å². The Kier molecular flexibility index (Phi) is 5.44. The first-order valence-corrected chi connectivity index (χ1v) is 5.47. The second kappa shape index (κ2) is 5.74. The number of quaternary nitrogens is 1. The number of carboxylic acid groups (broad SMARTS) is 1. The summed E-state index contributed by atoms with van der Waals surface area (Å²) in [7, 11) is 2.60. The van der Waals surface area contributed by atoms with Gasteiger partial charge in [-0.15, -0.1) is 0 Å². The third-order valence-electron chi connectivity index (χ3n) is 2.63. The van der Waals surface area contributed by atoms with Gasteiger partial charge in [0.25, 0.3) is 0 Å². The molecule has 0 aromatic rings. The highest BCUT2D eigenvalue weighted by Gasteiger charge is 2.72. The quantitative estimate of drug-likeness (QED) is 0.527. The number of aliphatic carboxylic acids is 1. The molecule has 0 aromatic carbocycles. The SMILES string of the molecule is C[N+](C)(CCCC(F)(F)C(F)(F)C(F)(F)F)CC(=O)[O-]. The number of carbonyl (C=O) groups excluding carboxylic acids is 1. The molecule has 0 unspecified atom stereocenters. The van der Waals surface area contributed by atoms with Crippen molar-refractivity contribution in [1.29, 1.82) is 0 Å². The van der Waals surface area contributed by atoms with Gasteiger partial charge in [-0.1, -0.05) is 0 Å². The lowest BCUT2D eigenvalue weighted by Gasteiger charge is -2.32. The van der Waals surface area contributed by atoms with Gasteiger partial charge in [-0.05, 0) is 0 Å². The lowest BCUT2D eigenvalue weighted by atomic mass is 10.1. The smallest absolute Gasteiger partial charge is 0.459 e. The van der Waals surface area contributed by atoms with E-state index in [-0.39, 0.29) is 11.0 Å². The van der Waals surface area contributed by atoms with Gasteiger partial charge in [-0.2, -0.15) is 30.7 Å². The lowest BCUT2D eigenvalue weighted by Crippen LogP contribution is -2.53. The van der Waals surface area contributed by atoms with Crippen LogP contribution in [0.1, 0.15) is 12.8 Å². The minimum Gasteiger partial charge on any atom is -0.544 e. The van der Waals surface area contributed by atoms with Crippen molar-refractivity contribution in [3.05, 3.63) is 0 Å². The second-order valence-corrected chi connectivity index (χ2v) is 5.07. The van der Waals surface area contributed by atoms with Crippen LogP contribution >= 0.6 is 0 Å². The van der Waals surface area contributed by atoms with E-state index in [9.17, 15) is 40.6 Å².